The summed E-state index contributed by atoms with van der Waals surface area (Å²) in [5, 5.41) is 0. The van der Waals surface area contributed by atoms with Crippen molar-refractivity contribution in [3.63, 3.8) is 0 Å². The van der Waals surface area contributed by atoms with E-state index in [0.717, 1.165) is 18.4 Å². The van der Waals surface area contributed by atoms with Gasteiger partial charge < -0.3 is 23.8 Å². The zero-order valence-corrected chi connectivity index (χ0v) is 16.1. The van der Waals surface area contributed by atoms with Gasteiger partial charge in [0.1, 0.15) is 0 Å². The summed E-state index contributed by atoms with van der Waals surface area (Å²) in [7, 11) is 4.31. The van der Waals surface area contributed by atoms with E-state index in [1.807, 2.05) is 18.2 Å². The monoisotopic (exact) mass is 377 g/mol. The summed E-state index contributed by atoms with van der Waals surface area (Å²) in [4.78, 5) is 25.8. The summed E-state index contributed by atoms with van der Waals surface area (Å²) in [5.41, 5.74) is 0.922. The fourth-order valence-electron chi connectivity index (χ4n) is 4.01. The topological polar surface area (TPSA) is 74.3 Å². The van der Waals surface area contributed by atoms with E-state index in [9.17, 15) is 9.59 Å². The van der Waals surface area contributed by atoms with Crippen LogP contribution < -0.4 is 9.47 Å². The van der Waals surface area contributed by atoms with Crippen LogP contribution >= 0.6 is 0 Å². The van der Waals surface area contributed by atoms with Crippen LogP contribution in [0.15, 0.2) is 18.2 Å². The minimum Gasteiger partial charge on any atom is -0.493 e. The number of rotatable bonds is 5. The standard InChI is InChI=1S/C20H27NO6/c1-24-17-9-8-13(10-18(17)27-14-6-4-5-7-14)15-11-21(20(23)26-3)12-16(15)19(22)25-2/h8-10,14-16H,4-7,11-12H2,1-3H3/t15-,16-/m0/s1. The molecular formula is C20H27NO6. The molecule has 0 bridgehead atoms. The van der Waals surface area contributed by atoms with E-state index in [4.69, 9.17) is 18.9 Å². The van der Waals surface area contributed by atoms with Crippen LogP contribution in [0.1, 0.15) is 37.2 Å². The predicted molar refractivity (Wildman–Crippen MR) is 98.1 cm³/mol. The smallest absolute Gasteiger partial charge is 0.409 e. The minimum absolute atomic E-state index is 0.187. The van der Waals surface area contributed by atoms with E-state index >= 15 is 0 Å². The maximum atomic E-state index is 12.3. The van der Waals surface area contributed by atoms with E-state index in [1.165, 1.54) is 32.0 Å². The van der Waals surface area contributed by atoms with Gasteiger partial charge in [0.2, 0.25) is 0 Å². The fraction of sp³-hybridized carbons (Fsp3) is 0.600. The van der Waals surface area contributed by atoms with Crippen LogP contribution in [0.5, 0.6) is 11.5 Å². The van der Waals surface area contributed by atoms with Crippen LogP contribution in [0.3, 0.4) is 0 Å². The highest BCUT2D eigenvalue weighted by Gasteiger charge is 2.42. The molecule has 0 N–H and O–H groups in total. The molecule has 0 unspecified atom stereocenters. The van der Waals surface area contributed by atoms with Crippen LogP contribution in [-0.2, 0) is 14.3 Å². The van der Waals surface area contributed by atoms with Gasteiger partial charge in [0.25, 0.3) is 0 Å². The van der Waals surface area contributed by atoms with Crippen molar-refractivity contribution in [2.45, 2.75) is 37.7 Å². The number of hydrogen-bond acceptors (Lipinski definition) is 6. The van der Waals surface area contributed by atoms with Crippen molar-refractivity contribution in [1.82, 2.24) is 4.90 Å². The largest absolute Gasteiger partial charge is 0.493 e. The number of amides is 1. The molecule has 27 heavy (non-hydrogen) atoms. The van der Waals surface area contributed by atoms with Crippen LogP contribution in [0.25, 0.3) is 0 Å². The van der Waals surface area contributed by atoms with E-state index in [-0.39, 0.29) is 24.5 Å². The van der Waals surface area contributed by atoms with Gasteiger partial charge in [-0.05, 0) is 43.4 Å². The highest BCUT2D eigenvalue weighted by Crippen LogP contribution is 2.39. The Morgan fingerprint density at radius 3 is 2.37 bits per heavy atom. The average molecular weight is 377 g/mol. The Balaban J connectivity index is 1.87. The van der Waals surface area contributed by atoms with Gasteiger partial charge in [0, 0.05) is 19.0 Å². The molecule has 0 aromatic heterocycles. The predicted octanol–water partition coefficient (Wildman–Crippen LogP) is 2.97. The molecule has 7 nitrogen and oxygen atoms in total. The third kappa shape index (κ3) is 4.12. The lowest BCUT2D eigenvalue weighted by Gasteiger charge is -2.20. The zero-order valence-electron chi connectivity index (χ0n) is 16.1. The number of carbonyl (C=O) groups is 2. The molecule has 1 saturated heterocycles. The second-order valence-electron chi connectivity index (χ2n) is 7.05. The molecule has 2 fully saturated rings. The molecule has 1 saturated carbocycles. The van der Waals surface area contributed by atoms with Gasteiger partial charge in [-0.3, -0.25) is 4.79 Å². The third-order valence-corrected chi connectivity index (χ3v) is 5.47. The van der Waals surface area contributed by atoms with Crippen LogP contribution in [-0.4, -0.2) is 57.5 Å². The maximum absolute atomic E-state index is 12.3. The normalized spacial score (nSPS) is 22.6. The number of carbonyl (C=O) groups excluding carboxylic acids is 2. The number of nitrogens with zero attached hydrogens (tertiary/aromatic N) is 1. The highest BCUT2D eigenvalue weighted by atomic mass is 16.5. The molecule has 2 aliphatic rings. The highest BCUT2D eigenvalue weighted by molar-refractivity contribution is 5.77. The van der Waals surface area contributed by atoms with E-state index in [2.05, 4.69) is 0 Å². The lowest BCUT2D eigenvalue weighted by atomic mass is 9.89. The molecule has 1 aromatic rings. The molecule has 1 aliphatic carbocycles. The molecule has 3 rings (SSSR count). The number of methoxy groups -OCH3 is 3. The number of hydrogen-bond donors (Lipinski definition) is 0. The lowest BCUT2D eigenvalue weighted by Crippen LogP contribution is -2.29. The maximum Gasteiger partial charge on any atom is 0.409 e. The summed E-state index contributed by atoms with van der Waals surface area (Å²) in [5.74, 6) is 0.390. The Morgan fingerprint density at radius 1 is 1.00 bits per heavy atom. The van der Waals surface area contributed by atoms with Gasteiger partial charge >= 0.3 is 12.1 Å². The third-order valence-electron chi connectivity index (χ3n) is 5.47. The first-order valence-electron chi connectivity index (χ1n) is 9.32. The molecule has 148 valence electrons. The van der Waals surface area contributed by atoms with Gasteiger partial charge in [-0.2, -0.15) is 0 Å². The first-order valence-corrected chi connectivity index (χ1v) is 9.32. The van der Waals surface area contributed by atoms with Crippen molar-refractivity contribution < 1.29 is 28.5 Å². The van der Waals surface area contributed by atoms with Gasteiger partial charge in [-0.15, -0.1) is 0 Å². The van der Waals surface area contributed by atoms with Crippen LogP contribution in [0.2, 0.25) is 0 Å². The molecule has 1 amide bonds. The average Bonchev–Trinajstić information content (AvgIpc) is 3.36. The summed E-state index contributed by atoms with van der Waals surface area (Å²) in [6, 6.07) is 5.70. The Kier molecular flexibility index (Phi) is 6.08. The summed E-state index contributed by atoms with van der Waals surface area (Å²) >= 11 is 0. The minimum atomic E-state index is -0.443. The second kappa shape index (κ2) is 8.50. The summed E-state index contributed by atoms with van der Waals surface area (Å²) in [6.07, 6.45) is 4.18. The van der Waals surface area contributed by atoms with Crippen molar-refractivity contribution in [2.24, 2.45) is 5.92 Å². The molecule has 2 atom stereocenters. The van der Waals surface area contributed by atoms with Crippen LogP contribution in [0.4, 0.5) is 4.79 Å². The first-order chi connectivity index (χ1) is 13.1. The van der Waals surface area contributed by atoms with Crippen molar-refractivity contribution in [3.8, 4) is 11.5 Å². The summed E-state index contributed by atoms with van der Waals surface area (Å²) < 4.78 is 21.4. The Labute approximate surface area is 159 Å². The molecular weight excluding hydrogens is 350 g/mol. The first kappa shape index (κ1) is 19.3. The quantitative estimate of drug-likeness (QED) is 0.735. The van der Waals surface area contributed by atoms with E-state index in [1.54, 1.807) is 7.11 Å². The molecule has 7 heteroatoms. The number of benzene rings is 1. The van der Waals surface area contributed by atoms with Gasteiger partial charge in [0.15, 0.2) is 11.5 Å². The number of esters is 1. The molecule has 0 radical (unpaired) electrons. The van der Waals surface area contributed by atoms with Crippen molar-refractivity contribution >= 4 is 12.1 Å². The Hall–Kier alpha value is -2.44. The van der Waals surface area contributed by atoms with Crippen molar-refractivity contribution in [1.29, 1.82) is 0 Å². The summed E-state index contributed by atoms with van der Waals surface area (Å²) in [6.45, 7) is 0.663. The second-order valence-corrected chi connectivity index (χ2v) is 7.05. The van der Waals surface area contributed by atoms with Gasteiger partial charge in [-0.25, -0.2) is 4.79 Å². The molecule has 1 aromatic carbocycles. The van der Waals surface area contributed by atoms with E-state index in [0.29, 0.717) is 18.0 Å². The molecule has 0 spiro atoms. The van der Waals surface area contributed by atoms with Crippen LogP contribution in [0, 0.1) is 5.92 Å². The van der Waals surface area contributed by atoms with Crippen molar-refractivity contribution in [3.05, 3.63) is 23.8 Å². The zero-order chi connectivity index (χ0) is 19.4. The molecule has 1 heterocycles. The Morgan fingerprint density at radius 2 is 1.74 bits per heavy atom. The molecule has 1 aliphatic heterocycles. The van der Waals surface area contributed by atoms with Gasteiger partial charge in [0.05, 0.1) is 33.4 Å². The van der Waals surface area contributed by atoms with Crippen molar-refractivity contribution in [2.75, 3.05) is 34.4 Å². The lowest BCUT2D eigenvalue weighted by molar-refractivity contribution is -0.145. The Bertz CT molecular complexity index is 685. The van der Waals surface area contributed by atoms with E-state index < -0.39 is 12.0 Å². The number of likely N-dealkylation sites (tertiary alicyclic amines) is 1. The van der Waals surface area contributed by atoms with Gasteiger partial charge in [-0.1, -0.05) is 6.07 Å². The SMILES string of the molecule is COC(=O)[C@H]1CN(C(=O)OC)C[C@H]1c1ccc(OC)c(OC2CCCC2)c1. The number of ether oxygens (including phenoxy) is 4. The fourth-order valence-corrected chi connectivity index (χ4v) is 4.01.